The number of aromatic nitrogens is 3. The lowest BCUT2D eigenvalue weighted by molar-refractivity contribution is -0.120. The molecule has 7 nitrogen and oxygen atoms in total. The van der Waals surface area contributed by atoms with E-state index < -0.39 is 0 Å². The van der Waals surface area contributed by atoms with Crippen molar-refractivity contribution in [1.29, 1.82) is 5.41 Å². The largest absolute Gasteiger partial charge is 0.494 e. The lowest BCUT2D eigenvalue weighted by atomic mass is 10.1. The van der Waals surface area contributed by atoms with Gasteiger partial charge in [0.2, 0.25) is 11.9 Å². The second kappa shape index (κ2) is 9.99. The Morgan fingerprint density at radius 3 is 2.48 bits per heavy atom. The van der Waals surface area contributed by atoms with Gasteiger partial charge in [0.25, 0.3) is 0 Å². The minimum absolute atomic E-state index is 0.0593. The van der Waals surface area contributed by atoms with Crippen molar-refractivity contribution in [3.63, 3.8) is 0 Å². The van der Waals surface area contributed by atoms with Gasteiger partial charge in [0.1, 0.15) is 12.3 Å². The molecule has 2 aromatic carbocycles. The van der Waals surface area contributed by atoms with E-state index >= 15 is 0 Å². The van der Waals surface area contributed by atoms with Crippen molar-refractivity contribution < 1.29 is 9.53 Å². The molecule has 2 heterocycles. The van der Waals surface area contributed by atoms with Crippen LogP contribution in [-0.4, -0.2) is 32.8 Å². The number of ether oxygens (including phenoxy) is 1. The van der Waals surface area contributed by atoms with Gasteiger partial charge in [-0.3, -0.25) is 15.5 Å². The standard InChI is InChI=1S/C26H27N5O2/c1-3-17-33-21-11-9-20(10-12-21)23-13-14-24(22-8-5-4-7-19(22)2)30(23)18-25(32)29-26(27)31-16-6-15-28-31/h4-16H,3,17-18H2,1-2H3,(H2,27,29,32). The van der Waals surface area contributed by atoms with Gasteiger partial charge in [0, 0.05) is 29.3 Å². The fourth-order valence-electron chi connectivity index (χ4n) is 3.70. The molecular formula is C26H27N5O2. The van der Waals surface area contributed by atoms with Crippen LogP contribution in [0.5, 0.6) is 5.75 Å². The number of nitrogens with one attached hydrogen (secondary N) is 2. The van der Waals surface area contributed by atoms with E-state index in [1.165, 1.54) is 4.68 Å². The number of hydrogen-bond donors (Lipinski definition) is 2. The summed E-state index contributed by atoms with van der Waals surface area (Å²) in [5, 5.41) is 14.7. The van der Waals surface area contributed by atoms with Crippen molar-refractivity contribution in [2.75, 3.05) is 6.61 Å². The number of aryl methyl sites for hydroxylation is 1. The molecule has 1 amide bonds. The maximum absolute atomic E-state index is 12.9. The lowest BCUT2D eigenvalue weighted by Gasteiger charge is -2.16. The van der Waals surface area contributed by atoms with Gasteiger partial charge >= 0.3 is 0 Å². The Labute approximate surface area is 193 Å². The number of benzene rings is 2. The average Bonchev–Trinajstić information content (AvgIpc) is 3.49. The average molecular weight is 442 g/mol. The summed E-state index contributed by atoms with van der Waals surface area (Å²) >= 11 is 0. The summed E-state index contributed by atoms with van der Waals surface area (Å²) in [5.74, 6) is 0.433. The van der Waals surface area contributed by atoms with Crippen molar-refractivity contribution in [2.24, 2.45) is 0 Å². The molecule has 0 aliphatic heterocycles. The normalized spacial score (nSPS) is 10.7. The molecule has 0 saturated carbocycles. The van der Waals surface area contributed by atoms with E-state index in [0.717, 1.165) is 40.2 Å². The lowest BCUT2D eigenvalue weighted by Crippen LogP contribution is -2.37. The Hall–Kier alpha value is -4.13. The zero-order valence-corrected chi connectivity index (χ0v) is 18.8. The minimum Gasteiger partial charge on any atom is -0.494 e. The SMILES string of the molecule is CCCOc1ccc(-c2ccc(-c3ccccc3C)n2CC(=O)NC(=N)n2cccn2)cc1. The summed E-state index contributed by atoms with van der Waals surface area (Å²) in [4.78, 5) is 12.9. The van der Waals surface area contributed by atoms with Gasteiger partial charge in [-0.25, -0.2) is 4.68 Å². The summed E-state index contributed by atoms with van der Waals surface area (Å²) < 4.78 is 9.00. The molecule has 0 fully saturated rings. The van der Waals surface area contributed by atoms with Gasteiger partial charge in [-0.2, -0.15) is 5.10 Å². The van der Waals surface area contributed by atoms with Crippen molar-refractivity contribution in [3.05, 3.63) is 84.7 Å². The molecule has 0 bridgehead atoms. The van der Waals surface area contributed by atoms with E-state index in [0.29, 0.717) is 6.61 Å². The van der Waals surface area contributed by atoms with E-state index in [1.807, 2.05) is 53.1 Å². The molecule has 2 N–H and O–H groups in total. The maximum atomic E-state index is 12.9. The van der Waals surface area contributed by atoms with Gasteiger partial charge in [-0.05, 0) is 66.9 Å². The first kappa shape index (κ1) is 22.1. The zero-order chi connectivity index (χ0) is 23.2. The Morgan fingerprint density at radius 1 is 1.03 bits per heavy atom. The third-order valence-corrected chi connectivity index (χ3v) is 5.32. The number of hydrogen-bond acceptors (Lipinski definition) is 4. The van der Waals surface area contributed by atoms with E-state index in [1.54, 1.807) is 18.5 Å². The number of rotatable bonds is 7. The van der Waals surface area contributed by atoms with Crippen LogP contribution in [0.4, 0.5) is 0 Å². The molecule has 4 rings (SSSR count). The third kappa shape index (κ3) is 5.03. The summed E-state index contributed by atoms with van der Waals surface area (Å²) in [6.45, 7) is 4.87. The van der Waals surface area contributed by atoms with Crippen molar-refractivity contribution >= 4 is 11.9 Å². The quantitative estimate of drug-likeness (QED) is 0.322. The highest BCUT2D eigenvalue weighted by Crippen LogP contribution is 2.31. The summed E-state index contributed by atoms with van der Waals surface area (Å²) in [5.41, 5.74) is 5.01. The summed E-state index contributed by atoms with van der Waals surface area (Å²) in [6, 6.07) is 21.8. The number of amides is 1. The summed E-state index contributed by atoms with van der Waals surface area (Å²) in [6.07, 6.45) is 4.13. The number of carbonyl (C=O) groups excluding carboxylic acids is 1. The van der Waals surface area contributed by atoms with Crippen LogP contribution in [0, 0.1) is 12.3 Å². The molecule has 33 heavy (non-hydrogen) atoms. The Balaban J connectivity index is 1.66. The van der Waals surface area contributed by atoms with Gasteiger partial charge in [0.05, 0.1) is 6.61 Å². The molecule has 4 aromatic rings. The molecule has 0 unspecified atom stereocenters. The predicted octanol–water partition coefficient (Wildman–Crippen LogP) is 4.72. The van der Waals surface area contributed by atoms with Gasteiger partial charge in [-0.15, -0.1) is 0 Å². The third-order valence-electron chi connectivity index (χ3n) is 5.32. The Morgan fingerprint density at radius 2 is 1.79 bits per heavy atom. The van der Waals surface area contributed by atoms with Crippen LogP contribution in [0.3, 0.4) is 0 Å². The molecule has 0 atom stereocenters. The first-order valence-corrected chi connectivity index (χ1v) is 10.9. The first-order chi connectivity index (χ1) is 16.1. The van der Waals surface area contributed by atoms with Crippen LogP contribution in [0.2, 0.25) is 0 Å². The minimum atomic E-state index is -0.300. The van der Waals surface area contributed by atoms with E-state index in [4.69, 9.17) is 10.1 Å². The van der Waals surface area contributed by atoms with Crippen molar-refractivity contribution in [3.8, 4) is 28.3 Å². The Bertz CT molecular complexity index is 1240. The fraction of sp³-hybridized carbons (Fsp3) is 0.192. The van der Waals surface area contributed by atoms with Crippen LogP contribution in [-0.2, 0) is 11.3 Å². The highest BCUT2D eigenvalue weighted by molar-refractivity contribution is 5.96. The topological polar surface area (TPSA) is 84.9 Å². The van der Waals surface area contributed by atoms with Crippen molar-refractivity contribution in [1.82, 2.24) is 19.7 Å². The molecule has 0 spiro atoms. The van der Waals surface area contributed by atoms with Crippen LogP contribution < -0.4 is 10.1 Å². The maximum Gasteiger partial charge on any atom is 0.246 e. The number of nitrogens with zero attached hydrogens (tertiary/aromatic N) is 3. The molecule has 168 valence electrons. The smallest absolute Gasteiger partial charge is 0.246 e. The molecule has 7 heteroatoms. The number of carbonyl (C=O) groups is 1. The molecular weight excluding hydrogens is 414 g/mol. The fourth-order valence-corrected chi connectivity index (χ4v) is 3.70. The van der Waals surface area contributed by atoms with E-state index in [-0.39, 0.29) is 18.4 Å². The second-order valence-corrected chi connectivity index (χ2v) is 7.73. The zero-order valence-electron chi connectivity index (χ0n) is 18.8. The molecule has 0 aliphatic carbocycles. The van der Waals surface area contributed by atoms with Gasteiger partial charge in [-0.1, -0.05) is 31.2 Å². The first-order valence-electron chi connectivity index (χ1n) is 10.9. The highest BCUT2D eigenvalue weighted by Gasteiger charge is 2.17. The van der Waals surface area contributed by atoms with Crippen LogP contribution in [0.25, 0.3) is 22.5 Å². The van der Waals surface area contributed by atoms with Crippen LogP contribution in [0.15, 0.2) is 79.1 Å². The second-order valence-electron chi connectivity index (χ2n) is 7.73. The monoisotopic (exact) mass is 441 g/mol. The molecule has 0 radical (unpaired) electrons. The molecule has 2 aromatic heterocycles. The van der Waals surface area contributed by atoms with Gasteiger partial charge in [0.15, 0.2) is 0 Å². The highest BCUT2D eigenvalue weighted by atomic mass is 16.5. The van der Waals surface area contributed by atoms with E-state index in [2.05, 4.69) is 36.4 Å². The van der Waals surface area contributed by atoms with Crippen LogP contribution in [0.1, 0.15) is 18.9 Å². The van der Waals surface area contributed by atoms with Crippen molar-refractivity contribution in [2.45, 2.75) is 26.8 Å². The molecule has 0 saturated heterocycles. The molecule has 0 aliphatic rings. The summed E-state index contributed by atoms with van der Waals surface area (Å²) in [7, 11) is 0. The van der Waals surface area contributed by atoms with E-state index in [9.17, 15) is 4.79 Å². The van der Waals surface area contributed by atoms with Gasteiger partial charge < -0.3 is 9.30 Å². The predicted molar refractivity (Wildman–Crippen MR) is 129 cm³/mol. The Kier molecular flexibility index (Phi) is 6.69. The van der Waals surface area contributed by atoms with Crippen LogP contribution >= 0.6 is 0 Å².